The van der Waals surface area contributed by atoms with Gasteiger partial charge in [-0.25, -0.2) is 9.48 Å². The molecule has 22 heavy (non-hydrogen) atoms. The van der Waals surface area contributed by atoms with E-state index in [-0.39, 0.29) is 5.69 Å². The van der Waals surface area contributed by atoms with Crippen molar-refractivity contribution in [2.45, 2.75) is 13.8 Å². The molecule has 0 bridgehead atoms. The third-order valence-corrected chi connectivity index (χ3v) is 3.61. The molecule has 2 heterocycles. The fourth-order valence-corrected chi connectivity index (χ4v) is 2.44. The van der Waals surface area contributed by atoms with Crippen LogP contribution >= 0.6 is 11.6 Å². The fourth-order valence-electron chi connectivity index (χ4n) is 2.31. The van der Waals surface area contributed by atoms with E-state index in [1.54, 1.807) is 42.1 Å². The van der Waals surface area contributed by atoms with Gasteiger partial charge in [-0.1, -0.05) is 11.6 Å². The van der Waals surface area contributed by atoms with Crippen molar-refractivity contribution in [2.75, 3.05) is 0 Å². The van der Waals surface area contributed by atoms with Crippen molar-refractivity contribution < 1.29 is 14.3 Å². The molecule has 2 aromatic heterocycles. The molecule has 3 aromatic rings. The molecule has 6 heteroatoms. The molecule has 0 atom stereocenters. The maximum atomic E-state index is 11.4. The first-order valence-corrected chi connectivity index (χ1v) is 6.99. The summed E-state index contributed by atoms with van der Waals surface area (Å²) in [6.45, 7) is 3.62. The van der Waals surface area contributed by atoms with Crippen molar-refractivity contribution >= 4 is 17.6 Å². The van der Waals surface area contributed by atoms with Crippen molar-refractivity contribution in [1.82, 2.24) is 9.78 Å². The van der Waals surface area contributed by atoms with Crippen molar-refractivity contribution in [1.29, 1.82) is 0 Å². The molecule has 0 fully saturated rings. The molecule has 0 saturated heterocycles. The number of carboxylic acids is 1. The Kier molecular flexibility index (Phi) is 3.50. The Morgan fingerprint density at radius 1 is 1.27 bits per heavy atom. The molecular weight excluding hydrogens is 304 g/mol. The Morgan fingerprint density at radius 2 is 1.95 bits per heavy atom. The minimum absolute atomic E-state index is 0.000923. The summed E-state index contributed by atoms with van der Waals surface area (Å²) in [6.07, 6.45) is 1.62. The minimum Gasteiger partial charge on any atom is -0.476 e. The van der Waals surface area contributed by atoms with Gasteiger partial charge < -0.3 is 9.52 Å². The molecular formula is C16H13ClN2O3. The first-order chi connectivity index (χ1) is 10.5. The Balaban J connectivity index is 2.26. The standard InChI is InChI=1S/C16H13ClN2O3/c1-9-7-13(22-8-9)15-10(2)14(16(20)21)18-19(15)12-5-3-11(17)4-6-12/h3-8H,1-2H3,(H,20,21). The van der Waals surface area contributed by atoms with E-state index < -0.39 is 5.97 Å². The molecule has 5 nitrogen and oxygen atoms in total. The van der Waals surface area contributed by atoms with Gasteiger partial charge in [-0.2, -0.15) is 5.10 Å². The number of aromatic carboxylic acids is 1. The van der Waals surface area contributed by atoms with E-state index in [4.69, 9.17) is 16.0 Å². The molecule has 0 aliphatic carbocycles. The highest BCUT2D eigenvalue weighted by atomic mass is 35.5. The van der Waals surface area contributed by atoms with E-state index in [0.717, 1.165) is 5.56 Å². The van der Waals surface area contributed by atoms with Crippen molar-refractivity contribution in [2.24, 2.45) is 0 Å². The number of halogens is 1. The quantitative estimate of drug-likeness (QED) is 0.789. The molecule has 0 saturated carbocycles. The summed E-state index contributed by atoms with van der Waals surface area (Å²) < 4.78 is 7.09. The molecule has 1 aromatic carbocycles. The maximum absolute atomic E-state index is 11.4. The number of hydrogen-bond acceptors (Lipinski definition) is 3. The predicted octanol–water partition coefficient (Wildman–Crippen LogP) is 4.10. The number of aromatic nitrogens is 2. The van der Waals surface area contributed by atoms with Gasteiger partial charge >= 0.3 is 5.97 Å². The average molecular weight is 317 g/mol. The van der Waals surface area contributed by atoms with Crippen molar-refractivity contribution in [3.63, 3.8) is 0 Å². The van der Waals surface area contributed by atoms with Crippen molar-refractivity contribution in [3.8, 4) is 17.1 Å². The summed E-state index contributed by atoms with van der Waals surface area (Å²) in [7, 11) is 0. The highest BCUT2D eigenvalue weighted by Gasteiger charge is 2.23. The molecule has 0 unspecified atom stereocenters. The first-order valence-electron chi connectivity index (χ1n) is 6.61. The van der Waals surface area contributed by atoms with Gasteiger partial charge in [0.05, 0.1) is 12.0 Å². The van der Waals surface area contributed by atoms with E-state index in [0.29, 0.717) is 27.7 Å². The zero-order valence-electron chi connectivity index (χ0n) is 12.0. The monoisotopic (exact) mass is 316 g/mol. The van der Waals surface area contributed by atoms with Gasteiger partial charge in [0.2, 0.25) is 0 Å². The average Bonchev–Trinajstić information content (AvgIpc) is 3.03. The smallest absolute Gasteiger partial charge is 0.356 e. The summed E-state index contributed by atoms with van der Waals surface area (Å²) >= 11 is 5.90. The van der Waals surface area contributed by atoms with Gasteiger partial charge in [-0.15, -0.1) is 0 Å². The van der Waals surface area contributed by atoms with E-state index in [9.17, 15) is 9.90 Å². The molecule has 0 aliphatic heterocycles. The number of carboxylic acid groups (broad SMARTS) is 1. The number of furan rings is 1. The maximum Gasteiger partial charge on any atom is 0.356 e. The predicted molar refractivity (Wildman–Crippen MR) is 82.7 cm³/mol. The largest absolute Gasteiger partial charge is 0.476 e. The van der Waals surface area contributed by atoms with Crippen LogP contribution < -0.4 is 0 Å². The third-order valence-electron chi connectivity index (χ3n) is 3.36. The molecule has 0 radical (unpaired) electrons. The third kappa shape index (κ3) is 2.40. The van der Waals surface area contributed by atoms with Gasteiger partial charge in [0.25, 0.3) is 0 Å². The Labute approximate surface area is 131 Å². The van der Waals surface area contributed by atoms with E-state index in [1.807, 2.05) is 13.0 Å². The second-order valence-electron chi connectivity index (χ2n) is 5.00. The normalized spacial score (nSPS) is 10.9. The van der Waals surface area contributed by atoms with Gasteiger partial charge in [0.1, 0.15) is 5.69 Å². The first kappa shape index (κ1) is 14.4. The summed E-state index contributed by atoms with van der Waals surface area (Å²) in [6, 6.07) is 8.86. The van der Waals surface area contributed by atoms with Crippen LogP contribution in [0.1, 0.15) is 21.6 Å². The van der Waals surface area contributed by atoms with Crippen LogP contribution in [-0.2, 0) is 0 Å². The van der Waals surface area contributed by atoms with E-state index in [1.165, 1.54) is 0 Å². The number of nitrogens with zero attached hydrogens (tertiary/aromatic N) is 2. The molecule has 112 valence electrons. The van der Waals surface area contributed by atoms with Crippen LogP contribution in [0.15, 0.2) is 41.0 Å². The zero-order chi connectivity index (χ0) is 15.9. The molecule has 0 aliphatic rings. The topological polar surface area (TPSA) is 68.3 Å². The summed E-state index contributed by atoms with van der Waals surface area (Å²) in [5.41, 5.74) is 2.84. The van der Waals surface area contributed by atoms with Gasteiger partial charge in [0, 0.05) is 10.6 Å². The molecule has 0 spiro atoms. The highest BCUT2D eigenvalue weighted by molar-refractivity contribution is 6.30. The van der Waals surface area contributed by atoms with Gasteiger partial charge in [-0.3, -0.25) is 0 Å². The summed E-state index contributed by atoms with van der Waals surface area (Å²) in [4.78, 5) is 11.4. The molecule has 0 amide bonds. The number of hydrogen-bond donors (Lipinski definition) is 1. The van der Waals surface area contributed by atoms with Crippen LogP contribution in [0.4, 0.5) is 0 Å². The van der Waals surface area contributed by atoms with Crippen LogP contribution in [0.5, 0.6) is 0 Å². The summed E-state index contributed by atoms with van der Waals surface area (Å²) in [5, 5.41) is 14.1. The lowest BCUT2D eigenvalue weighted by atomic mass is 10.1. The SMILES string of the molecule is Cc1coc(-c2c(C)c(C(=O)O)nn2-c2ccc(Cl)cc2)c1. The van der Waals surface area contributed by atoms with Gasteiger partial charge in [0.15, 0.2) is 11.5 Å². The Morgan fingerprint density at radius 3 is 2.50 bits per heavy atom. The van der Waals surface area contributed by atoms with Crippen LogP contribution in [0.2, 0.25) is 5.02 Å². The lowest BCUT2D eigenvalue weighted by Gasteiger charge is -2.06. The molecule has 3 rings (SSSR count). The zero-order valence-corrected chi connectivity index (χ0v) is 12.8. The fraction of sp³-hybridized carbons (Fsp3) is 0.125. The van der Waals surface area contributed by atoms with Crippen LogP contribution in [0.3, 0.4) is 0 Å². The van der Waals surface area contributed by atoms with Crippen LogP contribution in [-0.4, -0.2) is 20.9 Å². The van der Waals surface area contributed by atoms with E-state index >= 15 is 0 Å². The highest BCUT2D eigenvalue weighted by Crippen LogP contribution is 2.30. The number of aryl methyl sites for hydroxylation is 1. The number of rotatable bonds is 3. The second-order valence-corrected chi connectivity index (χ2v) is 5.44. The molecule has 1 N–H and O–H groups in total. The van der Waals surface area contributed by atoms with Crippen LogP contribution in [0.25, 0.3) is 17.1 Å². The minimum atomic E-state index is -1.07. The van der Waals surface area contributed by atoms with Gasteiger partial charge in [-0.05, 0) is 49.7 Å². The number of carbonyl (C=O) groups is 1. The Hall–Kier alpha value is -2.53. The number of benzene rings is 1. The van der Waals surface area contributed by atoms with Crippen LogP contribution in [0, 0.1) is 13.8 Å². The second kappa shape index (κ2) is 5.35. The van der Waals surface area contributed by atoms with Crippen molar-refractivity contribution in [3.05, 3.63) is 58.4 Å². The summed E-state index contributed by atoms with van der Waals surface area (Å²) in [5.74, 6) is -0.500. The van der Waals surface area contributed by atoms with E-state index in [2.05, 4.69) is 5.10 Å². The lowest BCUT2D eigenvalue weighted by molar-refractivity contribution is 0.0689. The lowest BCUT2D eigenvalue weighted by Crippen LogP contribution is -2.02. The Bertz CT molecular complexity index is 847.